The molecule has 1 unspecified atom stereocenters. The largest absolute Gasteiger partial charge is 0.478 e. The van der Waals surface area contributed by atoms with E-state index in [1.54, 1.807) is 66.7 Å². The fraction of sp³-hybridized carbons (Fsp3) is 0.0488. The predicted molar refractivity (Wildman–Crippen MR) is 201 cm³/mol. The summed E-state index contributed by atoms with van der Waals surface area (Å²) in [6.07, 6.45) is 1.69. The number of carbonyl (C=O) groups excluding carboxylic acids is 2. The van der Waals surface area contributed by atoms with E-state index in [-0.39, 0.29) is 29.9 Å². The molecule has 0 bridgehead atoms. The number of pyridine rings is 1. The van der Waals surface area contributed by atoms with E-state index < -0.39 is 11.2 Å². The van der Waals surface area contributed by atoms with Crippen LogP contribution >= 0.6 is 11.8 Å². The third kappa shape index (κ3) is 6.48. The second kappa shape index (κ2) is 13.9. The number of carboxylic acids is 1. The average Bonchev–Trinajstić information content (AvgIpc) is 3.77. The highest BCUT2D eigenvalue weighted by atomic mass is 32.2. The molecule has 0 saturated heterocycles. The highest BCUT2D eigenvalue weighted by Gasteiger charge is 2.36. The van der Waals surface area contributed by atoms with Crippen molar-refractivity contribution in [3.05, 3.63) is 156 Å². The molecule has 3 heterocycles. The first-order chi connectivity index (χ1) is 25.4. The highest BCUT2D eigenvalue weighted by molar-refractivity contribution is 8.15. The van der Waals surface area contributed by atoms with Gasteiger partial charge in [-0.1, -0.05) is 96.7 Å². The van der Waals surface area contributed by atoms with Gasteiger partial charge in [-0.2, -0.15) is 0 Å². The van der Waals surface area contributed by atoms with Gasteiger partial charge < -0.3 is 19.9 Å². The Bertz CT molecular complexity index is 2420. The summed E-state index contributed by atoms with van der Waals surface area (Å²) in [6, 6.07) is 39.6. The van der Waals surface area contributed by atoms with Gasteiger partial charge in [-0.25, -0.2) is 14.8 Å². The van der Waals surface area contributed by atoms with Gasteiger partial charge in [0.1, 0.15) is 10.9 Å². The summed E-state index contributed by atoms with van der Waals surface area (Å²) in [6.45, 7) is 0.136. The van der Waals surface area contributed by atoms with E-state index in [0.29, 0.717) is 50.2 Å². The fourth-order valence-electron chi connectivity index (χ4n) is 5.98. The number of anilines is 2. The van der Waals surface area contributed by atoms with E-state index in [1.807, 2.05) is 72.8 Å². The first-order valence-electron chi connectivity index (χ1n) is 16.3. The van der Waals surface area contributed by atoms with Crippen LogP contribution in [0.3, 0.4) is 0 Å². The molecule has 0 aliphatic carbocycles. The van der Waals surface area contributed by atoms with Crippen LogP contribution in [0.25, 0.3) is 28.2 Å². The molecule has 0 radical (unpaired) electrons. The maximum absolute atomic E-state index is 14.1. The third-order valence-corrected chi connectivity index (χ3v) is 9.71. The van der Waals surface area contributed by atoms with Crippen LogP contribution in [0.5, 0.6) is 11.5 Å². The lowest BCUT2D eigenvalue weighted by Crippen LogP contribution is -2.32. The lowest BCUT2D eigenvalue weighted by molar-refractivity contribution is -0.116. The van der Waals surface area contributed by atoms with Crippen LogP contribution in [0.4, 0.5) is 11.4 Å². The van der Waals surface area contributed by atoms with Crippen LogP contribution in [0.1, 0.15) is 26.7 Å². The van der Waals surface area contributed by atoms with E-state index in [2.05, 4.69) is 10.3 Å². The molecule has 52 heavy (non-hydrogen) atoms. The second-order valence-electron chi connectivity index (χ2n) is 11.9. The number of thioether (sulfide) groups is 1. The molecule has 1 aromatic heterocycles. The SMILES string of the molecule is O=C(O)c1cc(-c2ccc(NC(=O)C(SC3=N/C(=C\c4ccc5c(c4)OCO5)C(=O)N3c3ccccc3)c3ccccc3)cc2)nc2ccccc12. The smallest absolute Gasteiger partial charge is 0.336 e. The van der Waals surface area contributed by atoms with Gasteiger partial charge in [-0.3, -0.25) is 14.5 Å². The number of carbonyl (C=O) groups is 3. The monoisotopic (exact) mass is 704 g/mol. The van der Waals surface area contributed by atoms with Gasteiger partial charge in [0.2, 0.25) is 12.7 Å². The molecule has 2 N–H and O–H groups in total. The summed E-state index contributed by atoms with van der Waals surface area (Å²) in [5.41, 5.74) is 4.72. The van der Waals surface area contributed by atoms with Gasteiger partial charge in [0.25, 0.3) is 5.91 Å². The van der Waals surface area contributed by atoms with Crippen molar-refractivity contribution >= 4 is 63.1 Å². The van der Waals surface area contributed by atoms with Crippen molar-refractivity contribution in [2.24, 2.45) is 4.99 Å². The molecule has 2 aliphatic heterocycles. The van der Waals surface area contributed by atoms with E-state index in [1.165, 1.54) is 16.7 Å². The molecule has 0 fully saturated rings. The van der Waals surface area contributed by atoms with Crippen molar-refractivity contribution in [2.45, 2.75) is 5.25 Å². The topological polar surface area (TPSA) is 130 Å². The maximum Gasteiger partial charge on any atom is 0.336 e. The minimum absolute atomic E-state index is 0.136. The van der Waals surface area contributed by atoms with Gasteiger partial charge in [0, 0.05) is 16.6 Å². The molecule has 1 atom stereocenters. The molecule has 10 nitrogen and oxygen atoms in total. The quantitative estimate of drug-likeness (QED) is 0.152. The number of benzene rings is 5. The first-order valence-corrected chi connectivity index (χ1v) is 17.1. The van der Waals surface area contributed by atoms with Crippen molar-refractivity contribution < 1.29 is 29.0 Å². The molecule has 2 amide bonds. The molecule has 2 aliphatic rings. The van der Waals surface area contributed by atoms with Gasteiger partial charge >= 0.3 is 5.97 Å². The molecule has 5 aromatic carbocycles. The summed E-state index contributed by atoms with van der Waals surface area (Å²) in [5, 5.41) is 13.0. The second-order valence-corrected chi connectivity index (χ2v) is 12.9. The number of hydrogen-bond donors (Lipinski definition) is 2. The molecular weight excluding hydrogens is 677 g/mol. The average molecular weight is 705 g/mol. The number of nitrogens with zero attached hydrogens (tertiary/aromatic N) is 3. The van der Waals surface area contributed by atoms with E-state index >= 15 is 0 Å². The van der Waals surface area contributed by atoms with E-state index in [4.69, 9.17) is 14.5 Å². The number of nitrogens with one attached hydrogen (secondary N) is 1. The number of para-hydroxylation sites is 2. The summed E-state index contributed by atoms with van der Waals surface area (Å²) in [7, 11) is 0. The van der Waals surface area contributed by atoms with Crippen molar-refractivity contribution in [2.75, 3.05) is 17.0 Å². The van der Waals surface area contributed by atoms with Crippen LogP contribution < -0.4 is 19.7 Å². The van der Waals surface area contributed by atoms with Crippen molar-refractivity contribution in [1.29, 1.82) is 0 Å². The molecule has 0 saturated carbocycles. The number of aromatic nitrogens is 1. The number of ether oxygens (including phenoxy) is 2. The summed E-state index contributed by atoms with van der Waals surface area (Å²) >= 11 is 1.17. The molecular formula is C41H28N4O6S. The zero-order chi connectivity index (χ0) is 35.6. The normalized spacial score (nSPS) is 14.8. The van der Waals surface area contributed by atoms with Crippen molar-refractivity contribution in [1.82, 2.24) is 4.98 Å². The Morgan fingerprint density at radius 3 is 2.31 bits per heavy atom. The number of fused-ring (bicyclic) bond motifs is 2. The highest BCUT2D eigenvalue weighted by Crippen LogP contribution is 2.39. The van der Waals surface area contributed by atoms with Crippen molar-refractivity contribution in [3.63, 3.8) is 0 Å². The summed E-state index contributed by atoms with van der Waals surface area (Å²) in [5.74, 6) is -0.469. The first kappa shape index (κ1) is 32.5. The third-order valence-electron chi connectivity index (χ3n) is 8.50. The lowest BCUT2D eigenvalue weighted by atomic mass is 10.0. The van der Waals surface area contributed by atoms with E-state index in [9.17, 15) is 19.5 Å². The summed E-state index contributed by atoms with van der Waals surface area (Å²) in [4.78, 5) is 51.0. The van der Waals surface area contributed by atoms with Crippen LogP contribution in [0.15, 0.2) is 144 Å². The van der Waals surface area contributed by atoms with Gasteiger partial charge in [-0.15, -0.1) is 0 Å². The summed E-state index contributed by atoms with van der Waals surface area (Å²) < 4.78 is 11.0. The fourth-order valence-corrected chi connectivity index (χ4v) is 7.09. The van der Waals surface area contributed by atoms with Gasteiger partial charge in [-0.05, 0) is 65.7 Å². The van der Waals surface area contributed by atoms with Crippen LogP contribution in [0, 0.1) is 0 Å². The number of carboxylic acid groups (broad SMARTS) is 1. The van der Waals surface area contributed by atoms with Gasteiger partial charge in [0.05, 0.1) is 22.5 Å². The Labute approximate surface area is 302 Å². The Morgan fingerprint density at radius 1 is 0.827 bits per heavy atom. The standard InChI is InChI=1S/C41H28N4O6S/c46-38(42-28-18-16-26(17-19-28)33-23-31(40(48)49)30-13-7-8-14-32(30)43-33)37(27-9-3-1-4-10-27)52-41-44-34(39(47)45(41)29-11-5-2-6-12-29)21-25-15-20-35-36(22-25)51-24-50-35/h1-23,37H,24H2,(H,42,46)(H,48,49)/b34-21-. The Hall–Kier alpha value is -6.72. The number of amides is 2. The molecule has 6 aromatic rings. The van der Waals surface area contributed by atoms with Gasteiger partial charge in [0.15, 0.2) is 16.7 Å². The zero-order valence-corrected chi connectivity index (χ0v) is 28.1. The molecule has 11 heteroatoms. The van der Waals surface area contributed by atoms with Crippen molar-refractivity contribution in [3.8, 4) is 22.8 Å². The Morgan fingerprint density at radius 2 is 1.54 bits per heavy atom. The lowest BCUT2D eigenvalue weighted by Gasteiger charge is -2.22. The molecule has 8 rings (SSSR count). The minimum atomic E-state index is -1.04. The minimum Gasteiger partial charge on any atom is -0.478 e. The number of aromatic carboxylic acids is 1. The number of hydrogen-bond acceptors (Lipinski definition) is 8. The Balaban J connectivity index is 1.09. The molecule has 0 spiro atoms. The number of aliphatic imine (C=N–C) groups is 1. The Kier molecular flexibility index (Phi) is 8.68. The van der Waals surface area contributed by atoms with Crippen LogP contribution in [-0.2, 0) is 9.59 Å². The molecule has 254 valence electrons. The van der Waals surface area contributed by atoms with Crippen LogP contribution in [0.2, 0.25) is 0 Å². The maximum atomic E-state index is 14.1. The predicted octanol–water partition coefficient (Wildman–Crippen LogP) is 8.19. The number of amidine groups is 1. The van der Waals surface area contributed by atoms with E-state index in [0.717, 1.165) is 11.1 Å². The zero-order valence-electron chi connectivity index (χ0n) is 27.3. The number of rotatable bonds is 8. The van der Waals surface area contributed by atoms with Crippen LogP contribution in [-0.4, -0.2) is 39.8 Å².